The van der Waals surface area contributed by atoms with Crippen molar-refractivity contribution in [2.24, 2.45) is 0 Å². The lowest BCUT2D eigenvalue weighted by Gasteiger charge is -2.09. The van der Waals surface area contributed by atoms with Crippen LogP contribution in [0, 0.1) is 16.3 Å². The molecule has 0 unspecified atom stereocenters. The van der Waals surface area contributed by atoms with Crippen LogP contribution < -0.4 is 5.32 Å². The molecular weight excluding hydrogens is 380 g/mol. The van der Waals surface area contributed by atoms with Crippen molar-refractivity contribution in [1.29, 1.82) is 0 Å². The fourth-order valence-electron chi connectivity index (χ4n) is 1.60. The molecule has 0 bridgehead atoms. The molecule has 0 aliphatic rings. The molecule has 1 N–H and O–H groups in total. The predicted octanol–water partition coefficient (Wildman–Crippen LogP) is 4.64. The number of aryl methyl sites for hydroxylation is 1. The van der Waals surface area contributed by atoms with Gasteiger partial charge in [0.15, 0.2) is 0 Å². The van der Waals surface area contributed by atoms with E-state index in [1.807, 2.05) is 6.07 Å². The molecule has 0 atom stereocenters. The Morgan fingerprint density at radius 3 is 2.74 bits per heavy atom. The second-order valence-electron chi connectivity index (χ2n) is 4.06. The van der Waals surface area contributed by atoms with E-state index >= 15 is 0 Å². The van der Waals surface area contributed by atoms with Crippen molar-refractivity contribution in [2.75, 3.05) is 5.32 Å². The monoisotopic (exact) mass is 389 g/mol. The Labute approximate surface area is 129 Å². The zero-order valence-corrected chi connectivity index (χ0v) is 12.9. The summed E-state index contributed by atoms with van der Waals surface area (Å²) in [4.78, 5) is 12.0. The summed E-state index contributed by atoms with van der Waals surface area (Å²) < 4.78 is 14.5. The van der Waals surface area contributed by atoms with Gasteiger partial charge in [-0.15, -0.1) is 0 Å². The fourth-order valence-corrected chi connectivity index (χ4v) is 2.25. The second-order valence-corrected chi connectivity index (χ2v) is 5.71. The lowest BCUT2D eigenvalue weighted by Crippen LogP contribution is -2.14. The summed E-state index contributed by atoms with van der Waals surface area (Å²) in [6.07, 6.45) is 0. The van der Waals surface area contributed by atoms with Gasteiger partial charge in [0.25, 0.3) is 5.91 Å². The van der Waals surface area contributed by atoms with Crippen molar-refractivity contribution >= 4 is 45.8 Å². The molecule has 0 aliphatic heterocycles. The van der Waals surface area contributed by atoms with Crippen LogP contribution in [-0.2, 0) is 0 Å². The van der Waals surface area contributed by atoms with Crippen LogP contribution in [-0.4, -0.2) is 5.91 Å². The maximum atomic E-state index is 13.6. The molecule has 0 spiro atoms. The average molecular weight is 390 g/mol. The molecule has 2 nitrogen and oxygen atoms in total. The van der Waals surface area contributed by atoms with E-state index in [1.54, 1.807) is 25.1 Å². The normalized spacial score (nSPS) is 10.3. The zero-order chi connectivity index (χ0) is 14.0. The van der Waals surface area contributed by atoms with Crippen molar-refractivity contribution < 1.29 is 9.18 Å². The number of carbonyl (C=O) groups excluding carboxylic acids is 1. The molecule has 19 heavy (non-hydrogen) atoms. The van der Waals surface area contributed by atoms with Crippen molar-refractivity contribution in [1.82, 2.24) is 0 Å². The molecule has 2 rings (SSSR count). The molecule has 5 heteroatoms. The summed E-state index contributed by atoms with van der Waals surface area (Å²) in [7, 11) is 0. The fraction of sp³-hybridized carbons (Fsp3) is 0.0714. The molecule has 0 saturated heterocycles. The predicted molar refractivity (Wildman–Crippen MR) is 83.3 cm³/mol. The van der Waals surface area contributed by atoms with Crippen LogP contribution in [0.4, 0.5) is 10.1 Å². The molecule has 98 valence electrons. The molecule has 1 amide bonds. The summed E-state index contributed by atoms with van der Waals surface area (Å²) in [5, 5.41) is 3.04. The third-order valence-electron chi connectivity index (χ3n) is 2.54. The quantitative estimate of drug-likeness (QED) is 0.745. The molecule has 0 heterocycles. The largest absolute Gasteiger partial charge is 0.321 e. The minimum atomic E-state index is -0.551. The number of halogens is 3. The standard InChI is InChI=1S/C14H10ClFINO/c1-8-2-5-12(16)10(6-8)14(19)18-13-7-9(17)3-4-11(13)15/h2-7H,1H3,(H,18,19). The highest BCUT2D eigenvalue weighted by Crippen LogP contribution is 2.24. The van der Waals surface area contributed by atoms with E-state index in [9.17, 15) is 9.18 Å². The Hall–Kier alpha value is -1.14. The van der Waals surface area contributed by atoms with Crippen LogP contribution in [0.1, 0.15) is 15.9 Å². The van der Waals surface area contributed by atoms with Crippen LogP contribution in [0.5, 0.6) is 0 Å². The van der Waals surface area contributed by atoms with Gasteiger partial charge in [-0.3, -0.25) is 4.79 Å². The van der Waals surface area contributed by atoms with E-state index in [0.29, 0.717) is 10.7 Å². The van der Waals surface area contributed by atoms with Crippen LogP contribution >= 0.6 is 34.2 Å². The van der Waals surface area contributed by atoms with E-state index in [-0.39, 0.29) is 5.56 Å². The number of hydrogen-bond donors (Lipinski definition) is 1. The highest BCUT2D eigenvalue weighted by molar-refractivity contribution is 14.1. The Morgan fingerprint density at radius 2 is 2.00 bits per heavy atom. The Kier molecular flexibility index (Phi) is 4.42. The van der Waals surface area contributed by atoms with Crippen LogP contribution in [0.2, 0.25) is 5.02 Å². The summed E-state index contributed by atoms with van der Waals surface area (Å²) in [5.41, 5.74) is 1.30. The van der Waals surface area contributed by atoms with Crippen molar-refractivity contribution in [3.8, 4) is 0 Å². The Bertz CT molecular complexity index is 645. The summed E-state index contributed by atoms with van der Waals surface area (Å²) in [6, 6.07) is 9.64. The van der Waals surface area contributed by atoms with Gasteiger partial charge in [0.2, 0.25) is 0 Å². The topological polar surface area (TPSA) is 29.1 Å². The highest BCUT2D eigenvalue weighted by Gasteiger charge is 2.13. The number of hydrogen-bond acceptors (Lipinski definition) is 1. The van der Waals surface area contributed by atoms with Gasteiger partial charge in [-0.25, -0.2) is 4.39 Å². The summed E-state index contributed by atoms with van der Waals surface area (Å²) in [6.45, 7) is 1.80. The first-order valence-electron chi connectivity index (χ1n) is 5.50. The maximum Gasteiger partial charge on any atom is 0.258 e. The summed E-state index contributed by atoms with van der Waals surface area (Å²) in [5.74, 6) is -1.06. The first-order valence-corrected chi connectivity index (χ1v) is 6.95. The SMILES string of the molecule is Cc1ccc(F)c(C(=O)Nc2cc(I)ccc2Cl)c1. The van der Waals surface area contributed by atoms with Gasteiger partial charge < -0.3 is 5.32 Å². The zero-order valence-electron chi connectivity index (χ0n) is 10.0. The Morgan fingerprint density at radius 1 is 1.26 bits per heavy atom. The summed E-state index contributed by atoms with van der Waals surface area (Å²) >= 11 is 8.10. The van der Waals surface area contributed by atoms with Crippen LogP contribution in [0.15, 0.2) is 36.4 Å². The molecule has 0 fully saturated rings. The molecule has 0 aromatic heterocycles. The Balaban J connectivity index is 2.30. The smallest absolute Gasteiger partial charge is 0.258 e. The van der Waals surface area contributed by atoms with E-state index in [4.69, 9.17) is 11.6 Å². The number of benzene rings is 2. The molecule has 0 radical (unpaired) electrons. The number of anilines is 1. The lowest BCUT2D eigenvalue weighted by molar-refractivity contribution is 0.102. The first kappa shape index (κ1) is 14.3. The van der Waals surface area contributed by atoms with E-state index in [2.05, 4.69) is 27.9 Å². The van der Waals surface area contributed by atoms with Crippen molar-refractivity contribution in [2.45, 2.75) is 6.92 Å². The van der Waals surface area contributed by atoms with Gasteiger partial charge in [0.1, 0.15) is 5.82 Å². The molecule has 2 aromatic carbocycles. The van der Waals surface area contributed by atoms with Crippen LogP contribution in [0.3, 0.4) is 0 Å². The second kappa shape index (κ2) is 5.88. The minimum Gasteiger partial charge on any atom is -0.321 e. The maximum absolute atomic E-state index is 13.6. The molecule has 2 aromatic rings. The molecular formula is C14H10ClFINO. The number of carbonyl (C=O) groups is 1. The van der Waals surface area contributed by atoms with E-state index in [0.717, 1.165) is 9.13 Å². The third-order valence-corrected chi connectivity index (χ3v) is 3.54. The van der Waals surface area contributed by atoms with E-state index < -0.39 is 11.7 Å². The van der Waals surface area contributed by atoms with Gasteiger partial charge in [-0.2, -0.15) is 0 Å². The number of nitrogens with one attached hydrogen (secondary N) is 1. The van der Waals surface area contributed by atoms with Gasteiger partial charge >= 0.3 is 0 Å². The van der Waals surface area contributed by atoms with Crippen LogP contribution in [0.25, 0.3) is 0 Å². The number of rotatable bonds is 2. The van der Waals surface area contributed by atoms with Crippen molar-refractivity contribution in [3.05, 3.63) is 61.9 Å². The third kappa shape index (κ3) is 3.45. The highest BCUT2D eigenvalue weighted by atomic mass is 127. The number of amides is 1. The van der Waals surface area contributed by atoms with Gasteiger partial charge in [-0.05, 0) is 59.8 Å². The first-order chi connectivity index (χ1) is 8.97. The van der Waals surface area contributed by atoms with E-state index in [1.165, 1.54) is 12.1 Å². The minimum absolute atomic E-state index is 0.00919. The van der Waals surface area contributed by atoms with Gasteiger partial charge in [0, 0.05) is 3.57 Å². The van der Waals surface area contributed by atoms with Crippen molar-refractivity contribution in [3.63, 3.8) is 0 Å². The van der Waals surface area contributed by atoms with Gasteiger partial charge in [-0.1, -0.05) is 23.2 Å². The molecule has 0 saturated carbocycles. The molecule has 0 aliphatic carbocycles. The average Bonchev–Trinajstić information content (AvgIpc) is 2.36. The lowest BCUT2D eigenvalue weighted by atomic mass is 10.1. The van der Waals surface area contributed by atoms with Gasteiger partial charge in [0.05, 0.1) is 16.3 Å².